The molecule has 0 aliphatic carbocycles. The Hall–Kier alpha value is -1.15. The number of hydrogen-bond acceptors (Lipinski definition) is 4. The van der Waals surface area contributed by atoms with Crippen LogP contribution in [0.3, 0.4) is 0 Å². The van der Waals surface area contributed by atoms with E-state index >= 15 is 0 Å². The van der Waals surface area contributed by atoms with Crippen molar-refractivity contribution < 1.29 is 13.2 Å². The minimum Gasteiger partial charge on any atom is -0.334 e. The molecule has 3 fully saturated rings. The number of likely N-dealkylation sites (tertiary alicyclic amines) is 2. The second-order valence-corrected chi connectivity index (χ2v) is 10.7. The second kappa shape index (κ2) is 8.92. The molecule has 6 nitrogen and oxygen atoms in total. The lowest BCUT2D eigenvalue weighted by Gasteiger charge is -2.29. The van der Waals surface area contributed by atoms with Crippen LogP contribution in [0.2, 0.25) is 5.02 Å². The van der Waals surface area contributed by atoms with Gasteiger partial charge in [-0.15, -0.1) is 0 Å². The molecule has 1 aromatic carbocycles. The number of nitrogens with zero attached hydrogens (tertiary/aromatic N) is 3. The van der Waals surface area contributed by atoms with E-state index in [2.05, 4.69) is 4.90 Å². The van der Waals surface area contributed by atoms with Gasteiger partial charge in [-0.2, -0.15) is 4.31 Å². The minimum atomic E-state index is -3.68. The summed E-state index contributed by atoms with van der Waals surface area (Å²) in [7, 11) is -3.68. The van der Waals surface area contributed by atoms with Gasteiger partial charge in [0.05, 0.1) is 5.02 Å². The van der Waals surface area contributed by atoms with Crippen LogP contribution in [0.5, 0.6) is 0 Å². The van der Waals surface area contributed by atoms with Gasteiger partial charge in [0.1, 0.15) is 4.90 Å². The molecule has 160 valence electrons. The Balaban J connectivity index is 1.55. The molecule has 1 unspecified atom stereocenters. The molecular formula is C21H30ClN3O3S. The maximum Gasteiger partial charge on any atom is 0.254 e. The van der Waals surface area contributed by atoms with Gasteiger partial charge in [-0.05, 0) is 69.8 Å². The number of carbonyl (C=O) groups excluding carboxylic acids is 1. The van der Waals surface area contributed by atoms with Crippen molar-refractivity contribution in [3.8, 4) is 0 Å². The summed E-state index contributed by atoms with van der Waals surface area (Å²) < 4.78 is 27.7. The molecule has 29 heavy (non-hydrogen) atoms. The van der Waals surface area contributed by atoms with E-state index in [-0.39, 0.29) is 21.9 Å². The summed E-state index contributed by atoms with van der Waals surface area (Å²) in [5.74, 6) is -0.0848. The normalized spacial score (nSPS) is 24.3. The van der Waals surface area contributed by atoms with Crippen molar-refractivity contribution in [2.45, 2.75) is 55.9 Å². The molecule has 1 atom stereocenters. The highest BCUT2D eigenvalue weighted by molar-refractivity contribution is 7.89. The van der Waals surface area contributed by atoms with E-state index in [1.807, 2.05) is 4.90 Å². The van der Waals surface area contributed by atoms with Gasteiger partial charge in [0, 0.05) is 37.8 Å². The number of hydrogen-bond donors (Lipinski definition) is 0. The number of rotatable bonds is 5. The third-order valence-corrected chi connectivity index (χ3v) is 8.80. The number of halogens is 1. The van der Waals surface area contributed by atoms with Crippen LogP contribution in [0, 0.1) is 0 Å². The predicted octanol–water partition coefficient (Wildman–Crippen LogP) is 3.22. The van der Waals surface area contributed by atoms with Crippen LogP contribution in [0.25, 0.3) is 0 Å². The predicted molar refractivity (Wildman–Crippen MR) is 114 cm³/mol. The van der Waals surface area contributed by atoms with Crippen molar-refractivity contribution in [3.63, 3.8) is 0 Å². The molecule has 1 amide bonds. The van der Waals surface area contributed by atoms with Crippen LogP contribution in [-0.2, 0) is 10.0 Å². The molecular weight excluding hydrogens is 410 g/mol. The summed E-state index contributed by atoms with van der Waals surface area (Å²) in [6.07, 6.45) is 7.24. The minimum absolute atomic E-state index is 0.0576. The van der Waals surface area contributed by atoms with E-state index in [9.17, 15) is 13.2 Å². The molecule has 0 spiro atoms. The lowest BCUT2D eigenvalue weighted by atomic mass is 10.1. The van der Waals surface area contributed by atoms with Crippen molar-refractivity contribution in [1.82, 2.24) is 14.1 Å². The molecule has 3 aliphatic rings. The lowest BCUT2D eigenvalue weighted by molar-refractivity contribution is 0.0708. The quantitative estimate of drug-likeness (QED) is 0.706. The van der Waals surface area contributed by atoms with Gasteiger partial charge in [0.15, 0.2) is 0 Å². The summed E-state index contributed by atoms with van der Waals surface area (Å²) >= 11 is 6.27. The highest BCUT2D eigenvalue weighted by Gasteiger charge is 2.33. The molecule has 3 saturated heterocycles. The largest absolute Gasteiger partial charge is 0.334 e. The zero-order valence-electron chi connectivity index (χ0n) is 16.9. The summed E-state index contributed by atoms with van der Waals surface area (Å²) in [6, 6.07) is 4.90. The summed E-state index contributed by atoms with van der Waals surface area (Å²) in [4.78, 5) is 17.7. The Morgan fingerprint density at radius 1 is 0.966 bits per heavy atom. The molecule has 1 aromatic rings. The van der Waals surface area contributed by atoms with Gasteiger partial charge in [0.25, 0.3) is 5.91 Å². The Morgan fingerprint density at radius 2 is 1.66 bits per heavy atom. The van der Waals surface area contributed by atoms with E-state index in [4.69, 9.17) is 11.6 Å². The molecule has 0 radical (unpaired) electrons. The highest BCUT2D eigenvalue weighted by Crippen LogP contribution is 2.29. The number of sulfonamides is 1. The van der Waals surface area contributed by atoms with Gasteiger partial charge in [-0.25, -0.2) is 8.42 Å². The smallest absolute Gasteiger partial charge is 0.254 e. The Bertz CT molecular complexity index is 849. The fraction of sp³-hybridized carbons (Fsp3) is 0.667. The van der Waals surface area contributed by atoms with Gasteiger partial charge >= 0.3 is 0 Å². The van der Waals surface area contributed by atoms with Crippen LogP contribution in [0.1, 0.15) is 55.3 Å². The summed E-state index contributed by atoms with van der Waals surface area (Å²) in [5.41, 5.74) is 0.415. The molecule has 3 aliphatic heterocycles. The van der Waals surface area contributed by atoms with Crippen LogP contribution in [0.15, 0.2) is 23.1 Å². The van der Waals surface area contributed by atoms with Crippen molar-refractivity contribution >= 4 is 27.5 Å². The number of carbonyl (C=O) groups is 1. The second-order valence-electron chi connectivity index (χ2n) is 8.41. The van der Waals surface area contributed by atoms with Crippen LogP contribution < -0.4 is 0 Å². The Labute approximate surface area is 178 Å². The number of amides is 1. The van der Waals surface area contributed by atoms with E-state index in [1.54, 1.807) is 12.1 Å². The Morgan fingerprint density at radius 3 is 2.38 bits per heavy atom. The van der Waals surface area contributed by atoms with Gasteiger partial charge in [-0.3, -0.25) is 4.79 Å². The summed E-state index contributed by atoms with van der Waals surface area (Å²) in [6.45, 7) is 4.89. The van der Waals surface area contributed by atoms with Crippen molar-refractivity contribution in [3.05, 3.63) is 28.8 Å². The first kappa shape index (κ1) is 21.1. The molecule has 0 saturated carbocycles. The maximum absolute atomic E-state index is 13.3. The lowest BCUT2D eigenvalue weighted by Crippen LogP contribution is -2.42. The van der Waals surface area contributed by atoms with Crippen molar-refractivity contribution in [2.24, 2.45) is 0 Å². The fourth-order valence-corrected chi connectivity index (χ4v) is 6.82. The molecule has 0 bridgehead atoms. The molecule has 3 heterocycles. The first-order valence-corrected chi connectivity index (χ1v) is 12.6. The standard InChI is InChI=1S/C21H30ClN3O3S/c22-19-9-8-17(15-20(19)29(27,28)24-12-2-1-3-13-24)21(26)25-14-6-7-18(25)16-23-10-4-5-11-23/h8-9,15,18H,1-7,10-14,16H2. The van der Waals surface area contributed by atoms with Gasteiger partial charge < -0.3 is 9.80 Å². The first-order valence-electron chi connectivity index (χ1n) is 10.8. The third-order valence-electron chi connectivity index (χ3n) is 6.42. The SMILES string of the molecule is O=C(c1ccc(Cl)c(S(=O)(=O)N2CCCCC2)c1)N1CCCC1CN1CCCC1. The molecule has 8 heteroatoms. The zero-order valence-corrected chi connectivity index (χ0v) is 18.4. The zero-order chi connectivity index (χ0) is 20.4. The van der Waals surface area contributed by atoms with Gasteiger partial charge in [-0.1, -0.05) is 18.0 Å². The van der Waals surface area contributed by atoms with E-state index in [0.29, 0.717) is 18.7 Å². The van der Waals surface area contributed by atoms with E-state index < -0.39 is 10.0 Å². The summed E-state index contributed by atoms with van der Waals surface area (Å²) in [5, 5.41) is 0.183. The average Bonchev–Trinajstić information content (AvgIpc) is 3.41. The molecule has 0 aromatic heterocycles. The topological polar surface area (TPSA) is 60.9 Å². The third kappa shape index (κ3) is 4.48. The van der Waals surface area contributed by atoms with Crippen molar-refractivity contribution in [1.29, 1.82) is 0 Å². The van der Waals surface area contributed by atoms with E-state index in [0.717, 1.165) is 58.3 Å². The van der Waals surface area contributed by atoms with Crippen LogP contribution in [-0.4, -0.2) is 73.7 Å². The maximum atomic E-state index is 13.3. The number of benzene rings is 1. The molecule has 0 N–H and O–H groups in total. The average molecular weight is 440 g/mol. The first-order chi connectivity index (χ1) is 14.0. The molecule has 4 rings (SSSR count). The fourth-order valence-electron chi connectivity index (χ4n) is 4.80. The monoisotopic (exact) mass is 439 g/mol. The van der Waals surface area contributed by atoms with Crippen molar-refractivity contribution in [2.75, 3.05) is 39.3 Å². The van der Waals surface area contributed by atoms with E-state index in [1.165, 1.54) is 23.2 Å². The van der Waals surface area contributed by atoms with Gasteiger partial charge in [0.2, 0.25) is 10.0 Å². The number of piperidine rings is 1. The van der Waals surface area contributed by atoms with Crippen LogP contribution >= 0.6 is 11.6 Å². The van der Waals surface area contributed by atoms with Crippen LogP contribution in [0.4, 0.5) is 0 Å². The highest BCUT2D eigenvalue weighted by atomic mass is 35.5. The Kier molecular flexibility index (Phi) is 6.49.